The van der Waals surface area contributed by atoms with Crippen LogP contribution in [0.5, 0.6) is 0 Å². The Balaban J connectivity index is 2.17. The lowest BCUT2D eigenvalue weighted by atomic mass is 10.3. The van der Waals surface area contributed by atoms with Gasteiger partial charge in [0.25, 0.3) is 0 Å². The summed E-state index contributed by atoms with van der Waals surface area (Å²) in [6.45, 7) is 1.16. The van der Waals surface area contributed by atoms with Crippen LogP contribution in [0.25, 0.3) is 0 Å². The first-order valence-corrected chi connectivity index (χ1v) is 3.30. The van der Waals surface area contributed by atoms with Gasteiger partial charge in [0, 0.05) is 6.42 Å². The highest BCUT2D eigenvalue weighted by Crippen LogP contribution is 2.07. The lowest BCUT2D eigenvalue weighted by molar-refractivity contribution is -0.147. The number of hydrogen-bond acceptors (Lipinski definition) is 4. The molecule has 2 N–H and O–H groups in total. The van der Waals surface area contributed by atoms with E-state index in [0.717, 1.165) is 6.42 Å². The lowest BCUT2D eigenvalue weighted by Gasteiger charge is -2.07. The van der Waals surface area contributed by atoms with Gasteiger partial charge in [-0.05, 0) is 0 Å². The van der Waals surface area contributed by atoms with Crippen LogP contribution in [-0.2, 0) is 14.3 Å². The van der Waals surface area contributed by atoms with Crippen molar-refractivity contribution < 1.29 is 14.3 Å². The van der Waals surface area contributed by atoms with E-state index in [1.54, 1.807) is 0 Å². The minimum atomic E-state index is -0.351. The zero-order valence-corrected chi connectivity index (χ0v) is 5.71. The van der Waals surface area contributed by atoms with E-state index in [1.165, 1.54) is 0 Å². The summed E-state index contributed by atoms with van der Waals surface area (Å²) in [5.41, 5.74) is 5.03. The molecule has 0 unspecified atom stereocenters. The third-order valence-electron chi connectivity index (χ3n) is 1.35. The second-order valence-electron chi connectivity index (χ2n) is 2.18. The van der Waals surface area contributed by atoms with E-state index in [0.29, 0.717) is 13.2 Å². The van der Waals surface area contributed by atoms with Crippen LogP contribution in [-0.4, -0.2) is 31.8 Å². The molecule has 0 aromatic carbocycles. The minimum Gasteiger partial charge on any atom is -0.459 e. The van der Waals surface area contributed by atoms with Gasteiger partial charge in [0.05, 0.1) is 19.8 Å². The Morgan fingerprint density at radius 2 is 2.60 bits per heavy atom. The third kappa shape index (κ3) is 1.97. The van der Waals surface area contributed by atoms with Gasteiger partial charge in [-0.3, -0.25) is 4.79 Å². The Hall–Kier alpha value is -0.610. The number of carbonyl (C=O) groups is 1. The van der Waals surface area contributed by atoms with Crippen molar-refractivity contribution in [2.75, 3.05) is 19.8 Å². The van der Waals surface area contributed by atoms with Gasteiger partial charge >= 0.3 is 5.97 Å². The molecule has 4 nitrogen and oxygen atoms in total. The Morgan fingerprint density at radius 3 is 3.10 bits per heavy atom. The predicted molar refractivity (Wildman–Crippen MR) is 34.4 cm³/mol. The minimum absolute atomic E-state index is 0.0451. The fourth-order valence-electron chi connectivity index (χ4n) is 0.840. The van der Waals surface area contributed by atoms with E-state index >= 15 is 0 Å². The zero-order valence-electron chi connectivity index (χ0n) is 5.71. The lowest BCUT2D eigenvalue weighted by Crippen LogP contribution is -2.23. The number of nitrogens with two attached hydrogens (primary N) is 1. The number of hydrogen-bond donors (Lipinski definition) is 1. The van der Waals surface area contributed by atoms with Gasteiger partial charge in [0.2, 0.25) is 0 Å². The van der Waals surface area contributed by atoms with E-state index in [9.17, 15) is 4.79 Å². The average Bonchev–Trinajstić information content (AvgIpc) is 2.40. The van der Waals surface area contributed by atoms with E-state index in [2.05, 4.69) is 0 Å². The maximum absolute atomic E-state index is 10.6. The fourth-order valence-corrected chi connectivity index (χ4v) is 0.840. The van der Waals surface area contributed by atoms with Gasteiger partial charge in [-0.2, -0.15) is 0 Å². The van der Waals surface area contributed by atoms with E-state index < -0.39 is 0 Å². The van der Waals surface area contributed by atoms with Crippen LogP contribution in [0.3, 0.4) is 0 Å². The Bertz CT molecular complexity index is 120. The van der Waals surface area contributed by atoms with Gasteiger partial charge < -0.3 is 15.2 Å². The second kappa shape index (κ2) is 3.53. The van der Waals surface area contributed by atoms with Gasteiger partial charge in [0.1, 0.15) is 6.10 Å². The normalized spacial score (nSPS) is 24.7. The molecule has 10 heavy (non-hydrogen) atoms. The summed E-state index contributed by atoms with van der Waals surface area (Å²) >= 11 is 0. The summed E-state index contributed by atoms with van der Waals surface area (Å²) in [6.07, 6.45) is 0.738. The predicted octanol–water partition coefficient (Wildman–Crippen LogP) is -0.723. The van der Waals surface area contributed by atoms with Crippen LogP contribution in [0.2, 0.25) is 0 Å². The van der Waals surface area contributed by atoms with Crippen LogP contribution >= 0.6 is 0 Å². The molecule has 58 valence electrons. The highest BCUT2D eigenvalue weighted by Gasteiger charge is 2.18. The van der Waals surface area contributed by atoms with Crippen molar-refractivity contribution in [1.29, 1.82) is 0 Å². The van der Waals surface area contributed by atoms with E-state index in [4.69, 9.17) is 15.2 Å². The monoisotopic (exact) mass is 145 g/mol. The van der Waals surface area contributed by atoms with Gasteiger partial charge in [-0.1, -0.05) is 0 Å². The summed E-state index contributed by atoms with van der Waals surface area (Å²) < 4.78 is 9.86. The van der Waals surface area contributed by atoms with E-state index in [-0.39, 0.29) is 18.6 Å². The van der Waals surface area contributed by atoms with Crippen molar-refractivity contribution in [3.8, 4) is 0 Å². The molecule has 1 aliphatic heterocycles. The van der Waals surface area contributed by atoms with Crippen molar-refractivity contribution in [2.45, 2.75) is 12.5 Å². The smallest absolute Gasteiger partial charge is 0.320 e. The Morgan fingerprint density at radius 1 is 1.80 bits per heavy atom. The summed E-state index contributed by atoms with van der Waals surface area (Å²) in [4.78, 5) is 10.6. The van der Waals surface area contributed by atoms with Gasteiger partial charge in [-0.15, -0.1) is 0 Å². The molecule has 0 spiro atoms. The molecule has 4 heteroatoms. The molecule has 0 saturated carbocycles. The van der Waals surface area contributed by atoms with Crippen molar-refractivity contribution in [2.24, 2.45) is 5.73 Å². The molecular formula is C6H11NO3. The zero-order chi connectivity index (χ0) is 7.40. The highest BCUT2D eigenvalue weighted by molar-refractivity contribution is 5.71. The number of rotatable bonds is 2. The molecule has 1 fully saturated rings. The molecule has 0 aromatic rings. The first kappa shape index (κ1) is 7.50. The van der Waals surface area contributed by atoms with Crippen LogP contribution < -0.4 is 5.73 Å². The SMILES string of the molecule is NCC(=O)O[C@@H]1CCOC1. The summed E-state index contributed by atoms with van der Waals surface area (Å²) in [6, 6.07) is 0. The first-order chi connectivity index (χ1) is 4.83. The maximum Gasteiger partial charge on any atom is 0.320 e. The van der Waals surface area contributed by atoms with Crippen molar-refractivity contribution >= 4 is 5.97 Å². The van der Waals surface area contributed by atoms with Gasteiger partial charge in [0.15, 0.2) is 0 Å². The van der Waals surface area contributed by atoms with Crippen molar-refractivity contribution in [3.05, 3.63) is 0 Å². The largest absolute Gasteiger partial charge is 0.459 e. The number of carbonyl (C=O) groups excluding carboxylic acids is 1. The molecule has 1 saturated heterocycles. The molecule has 0 bridgehead atoms. The van der Waals surface area contributed by atoms with Crippen LogP contribution in [0, 0.1) is 0 Å². The maximum atomic E-state index is 10.6. The highest BCUT2D eigenvalue weighted by atomic mass is 16.6. The molecule has 0 aliphatic carbocycles. The van der Waals surface area contributed by atoms with Gasteiger partial charge in [-0.25, -0.2) is 0 Å². The molecular weight excluding hydrogens is 134 g/mol. The Labute approximate surface area is 59.3 Å². The average molecular weight is 145 g/mol. The Kier molecular flexibility index (Phi) is 2.65. The molecule has 1 heterocycles. The van der Waals surface area contributed by atoms with Crippen molar-refractivity contribution in [1.82, 2.24) is 0 Å². The van der Waals surface area contributed by atoms with Crippen LogP contribution in [0.4, 0.5) is 0 Å². The summed E-state index contributed by atoms with van der Waals surface area (Å²) in [5.74, 6) is -0.351. The fraction of sp³-hybridized carbons (Fsp3) is 0.833. The number of esters is 1. The molecule has 1 atom stereocenters. The standard InChI is InChI=1S/C6H11NO3/c7-3-6(8)10-5-1-2-9-4-5/h5H,1-4,7H2/t5-/m1/s1. The topological polar surface area (TPSA) is 61.6 Å². The molecule has 0 amide bonds. The molecule has 0 radical (unpaired) electrons. The molecule has 1 rings (SSSR count). The third-order valence-corrected chi connectivity index (χ3v) is 1.35. The second-order valence-corrected chi connectivity index (χ2v) is 2.18. The summed E-state index contributed by atoms with van der Waals surface area (Å²) in [7, 11) is 0. The van der Waals surface area contributed by atoms with E-state index in [1.807, 2.05) is 0 Å². The molecule has 1 aliphatic rings. The van der Waals surface area contributed by atoms with Crippen molar-refractivity contribution in [3.63, 3.8) is 0 Å². The molecule has 0 aromatic heterocycles. The first-order valence-electron chi connectivity index (χ1n) is 3.30. The quantitative estimate of drug-likeness (QED) is 0.521. The number of ether oxygens (including phenoxy) is 2. The summed E-state index contributed by atoms with van der Waals surface area (Å²) in [5, 5.41) is 0. The van der Waals surface area contributed by atoms with Crippen LogP contribution in [0.15, 0.2) is 0 Å². The van der Waals surface area contributed by atoms with Crippen LogP contribution in [0.1, 0.15) is 6.42 Å².